The zero-order chi connectivity index (χ0) is 22.5. The third-order valence-corrected chi connectivity index (χ3v) is 6.14. The maximum absolute atomic E-state index is 10.3. The van der Waals surface area contributed by atoms with Gasteiger partial charge < -0.3 is 10.2 Å². The van der Waals surface area contributed by atoms with Crippen LogP contribution in [0.1, 0.15) is 62.8 Å². The Labute approximate surface area is 212 Å². The third kappa shape index (κ3) is 6.69. The second kappa shape index (κ2) is 11.1. The Hall–Kier alpha value is -2.12. The minimum atomic E-state index is 0. The molecule has 32 heavy (non-hydrogen) atoms. The molecule has 2 aliphatic carbocycles. The largest absolute Gasteiger partial charge is 3.00 e. The van der Waals surface area contributed by atoms with Crippen molar-refractivity contribution >= 4 is 0 Å². The van der Waals surface area contributed by atoms with Gasteiger partial charge in [0.1, 0.15) is 0 Å². The van der Waals surface area contributed by atoms with Gasteiger partial charge in [-0.25, -0.2) is 0 Å². The van der Waals surface area contributed by atoms with Crippen molar-refractivity contribution in [2.24, 2.45) is 0 Å². The first-order valence-electron chi connectivity index (χ1n) is 10.9. The van der Waals surface area contributed by atoms with E-state index in [-0.39, 0.29) is 37.7 Å². The zero-order valence-electron chi connectivity index (χ0n) is 19.4. The Morgan fingerprint density at radius 3 is 1.53 bits per heavy atom. The minimum Gasteiger partial charge on any atom is -0.872 e. The molecule has 5 rings (SSSR count). The molecule has 0 saturated carbocycles. The van der Waals surface area contributed by atoms with Crippen molar-refractivity contribution in [1.29, 1.82) is 0 Å². The monoisotopic (exact) mass is 501 g/mol. The Kier molecular flexibility index (Phi) is 9.11. The SMILES string of the molecule is CC1(C)CCC(C)(C)c2cc3c(cc21)[C-]=CC3.[O-]c1ccccc1.[O-]c1ccccc1.[Zr+3]. The molecular weight excluding hydrogens is 472 g/mol. The van der Waals surface area contributed by atoms with E-state index in [2.05, 4.69) is 52.0 Å². The molecule has 0 aromatic heterocycles. The van der Waals surface area contributed by atoms with Crippen molar-refractivity contribution in [3.63, 3.8) is 0 Å². The van der Waals surface area contributed by atoms with Gasteiger partial charge in [-0.1, -0.05) is 106 Å². The molecule has 0 amide bonds. The number of rotatable bonds is 0. The van der Waals surface area contributed by atoms with Gasteiger partial charge in [-0.2, -0.15) is 23.8 Å². The van der Waals surface area contributed by atoms with Crippen LogP contribution < -0.4 is 10.2 Å². The van der Waals surface area contributed by atoms with Crippen LogP contribution in [0.5, 0.6) is 11.5 Å². The van der Waals surface area contributed by atoms with Gasteiger partial charge in [0.15, 0.2) is 0 Å². The molecule has 0 unspecified atom stereocenters. The quantitative estimate of drug-likeness (QED) is 0.364. The third-order valence-electron chi connectivity index (χ3n) is 6.14. The maximum atomic E-state index is 10.3. The summed E-state index contributed by atoms with van der Waals surface area (Å²) in [5.41, 5.74) is 6.58. The molecule has 2 nitrogen and oxygen atoms in total. The van der Waals surface area contributed by atoms with Gasteiger partial charge in [0.2, 0.25) is 0 Å². The topological polar surface area (TPSA) is 46.1 Å². The summed E-state index contributed by atoms with van der Waals surface area (Å²) in [5, 5.41) is 20.5. The van der Waals surface area contributed by atoms with E-state index in [4.69, 9.17) is 0 Å². The van der Waals surface area contributed by atoms with E-state index in [0.29, 0.717) is 10.8 Å². The summed E-state index contributed by atoms with van der Waals surface area (Å²) in [5.74, 6) is 0.144. The predicted molar refractivity (Wildman–Crippen MR) is 124 cm³/mol. The average molecular weight is 503 g/mol. The fraction of sp³-hybridized carbons (Fsp3) is 0.310. The Balaban J connectivity index is 0.000000201. The Morgan fingerprint density at radius 2 is 1.12 bits per heavy atom. The average Bonchev–Trinajstić information content (AvgIpc) is 3.21. The van der Waals surface area contributed by atoms with Crippen LogP contribution in [0.4, 0.5) is 0 Å². The van der Waals surface area contributed by atoms with Gasteiger partial charge in [0.25, 0.3) is 0 Å². The van der Waals surface area contributed by atoms with E-state index >= 15 is 0 Å². The normalized spacial score (nSPS) is 16.1. The Bertz CT molecular complexity index is 984. The van der Waals surface area contributed by atoms with Gasteiger partial charge in [0.05, 0.1) is 0 Å². The van der Waals surface area contributed by atoms with Crippen molar-refractivity contribution in [3.05, 3.63) is 107 Å². The molecule has 3 aromatic carbocycles. The van der Waals surface area contributed by atoms with Gasteiger partial charge >= 0.3 is 26.2 Å². The van der Waals surface area contributed by atoms with E-state index in [1.54, 1.807) is 35.4 Å². The summed E-state index contributed by atoms with van der Waals surface area (Å²) in [7, 11) is 0. The number of allylic oxidation sites excluding steroid dienone is 1. The van der Waals surface area contributed by atoms with E-state index in [1.165, 1.54) is 48.2 Å². The van der Waals surface area contributed by atoms with Crippen molar-refractivity contribution < 1.29 is 36.4 Å². The fourth-order valence-corrected chi connectivity index (χ4v) is 4.07. The summed E-state index contributed by atoms with van der Waals surface area (Å²) in [6.45, 7) is 9.54. The van der Waals surface area contributed by atoms with Crippen LogP contribution in [-0.4, -0.2) is 0 Å². The van der Waals surface area contributed by atoms with Crippen LogP contribution in [0, 0.1) is 6.08 Å². The second-order valence-corrected chi connectivity index (χ2v) is 9.50. The van der Waals surface area contributed by atoms with Gasteiger partial charge in [-0.15, -0.1) is 23.1 Å². The molecule has 0 atom stereocenters. The van der Waals surface area contributed by atoms with Crippen molar-refractivity contribution in [1.82, 2.24) is 0 Å². The number of hydrogen-bond donors (Lipinski definition) is 0. The summed E-state index contributed by atoms with van der Waals surface area (Å²) in [4.78, 5) is 0. The maximum Gasteiger partial charge on any atom is 3.00 e. The van der Waals surface area contributed by atoms with Crippen LogP contribution in [-0.2, 0) is 43.5 Å². The summed E-state index contributed by atoms with van der Waals surface area (Å²) in [6.07, 6.45) is 9.20. The second-order valence-electron chi connectivity index (χ2n) is 9.50. The van der Waals surface area contributed by atoms with Crippen molar-refractivity contribution in [2.75, 3.05) is 0 Å². The molecule has 2 aliphatic rings. The molecule has 163 valence electrons. The van der Waals surface area contributed by atoms with Crippen LogP contribution >= 0.6 is 0 Å². The smallest absolute Gasteiger partial charge is 0.872 e. The zero-order valence-corrected chi connectivity index (χ0v) is 21.9. The molecule has 0 heterocycles. The number of fused-ring (bicyclic) bond motifs is 2. The standard InChI is InChI=1S/C17H21.2C6H6O.Zr/c1-16(2)8-9-17(3,4)15-11-13-7-5-6-12(13)10-14(15)16;2*7-6-4-2-1-3-5-6;/h5,10-11H,6,8-9H2,1-4H3;2*1-5,7H;/q-1;;;+3/p-2. The molecule has 3 heteroatoms. The van der Waals surface area contributed by atoms with Crippen LogP contribution in [0.3, 0.4) is 0 Å². The molecule has 0 spiro atoms. The van der Waals surface area contributed by atoms with Gasteiger partial charge in [-0.3, -0.25) is 0 Å². The molecular formula is C29H31O2Zr. The van der Waals surface area contributed by atoms with E-state index < -0.39 is 0 Å². The van der Waals surface area contributed by atoms with Gasteiger partial charge in [-0.05, 0) is 23.7 Å². The molecule has 1 radical (unpaired) electrons. The molecule has 0 saturated heterocycles. The minimum absolute atomic E-state index is 0. The first-order chi connectivity index (χ1) is 14.7. The Morgan fingerprint density at radius 1 is 0.688 bits per heavy atom. The first kappa shape index (κ1) is 26.1. The van der Waals surface area contributed by atoms with Crippen molar-refractivity contribution in [2.45, 2.75) is 57.8 Å². The molecule has 0 fully saturated rings. The summed E-state index contributed by atoms with van der Waals surface area (Å²) in [6, 6.07) is 21.5. The summed E-state index contributed by atoms with van der Waals surface area (Å²) < 4.78 is 0. The van der Waals surface area contributed by atoms with E-state index in [0.717, 1.165) is 6.42 Å². The molecule has 0 bridgehead atoms. The van der Waals surface area contributed by atoms with E-state index in [1.807, 2.05) is 12.1 Å². The van der Waals surface area contributed by atoms with E-state index in [9.17, 15) is 10.2 Å². The molecule has 0 N–H and O–H groups in total. The molecule has 0 aliphatic heterocycles. The number of benzene rings is 3. The fourth-order valence-electron chi connectivity index (χ4n) is 4.07. The predicted octanol–water partition coefficient (Wildman–Crippen LogP) is 5.82. The van der Waals surface area contributed by atoms with Crippen molar-refractivity contribution in [3.8, 4) is 11.5 Å². The van der Waals surface area contributed by atoms with Crippen LogP contribution in [0.25, 0.3) is 0 Å². The number of hydrogen-bond acceptors (Lipinski definition) is 2. The van der Waals surface area contributed by atoms with Crippen LogP contribution in [0.15, 0.2) is 78.9 Å². The van der Waals surface area contributed by atoms with Gasteiger partial charge in [0, 0.05) is 0 Å². The first-order valence-corrected chi connectivity index (χ1v) is 10.9. The number of para-hydroxylation sites is 2. The van der Waals surface area contributed by atoms with Crippen LogP contribution in [0.2, 0.25) is 0 Å². The summed E-state index contributed by atoms with van der Waals surface area (Å²) >= 11 is 0. The molecule has 3 aromatic rings.